The van der Waals surface area contributed by atoms with E-state index >= 15 is 0 Å². The first-order chi connectivity index (χ1) is 8.61. The molecule has 5 heteroatoms. The van der Waals surface area contributed by atoms with Gasteiger partial charge in [0.25, 0.3) is 0 Å². The average molecular weight is 254 g/mol. The number of aliphatic hydroxyl groups is 1. The molecule has 4 nitrogen and oxygen atoms in total. The highest BCUT2D eigenvalue weighted by molar-refractivity contribution is 5.63. The zero-order valence-electron chi connectivity index (χ0n) is 10.5. The number of ether oxygens (including phenoxy) is 1. The summed E-state index contributed by atoms with van der Waals surface area (Å²) in [5.41, 5.74) is 6.45. The predicted octanol–water partition coefficient (Wildman–Crippen LogP) is 1.77. The van der Waals surface area contributed by atoms with E-state index in [9.17, 15) is 9.50 Å². The van der Waals surface area contributed by atoms with Gasteiger partial charge in [0.1, 0.15) is 11.4 Å². The van der Waals surface area contributed by atoms with E-state index < -0.39 is 5.82 Å². The Bertz CT molecular complexity index is 418. The van der Waals surface area contributed by atoms with Crippen molar-refractivity contribution in [2.24, 2.45) is 0 Å². The van der Waals surface area contributed by atoms with Gasteiger partial charge in [0, 0.05) is 24.8 Å². The Labute approximate surface area is 106 Å². The molecule has 0 spiro atoms. The first-order valence-electron chi connectivity index (χ1n) is 6.26. The summed E-state index contributed by atoms with van der Waals surface area (Å²) in [5.74, 6) is -0.0688. The number of nitrogen functional groups attached to an aromatic ring is 1. The molecule has 0 amide bonds. The summed E-state index contributed by atoms with van der Waals surface area (Å²) in [7, 11) is 0. The molecule has 0 bridgehead atoms. The second kappa shape index (κ2) is 5.44. The summed E-state index contributed by atoms with van der Waals surface area (Å²) in [4.78, 5) is 2.04. The molecule has 0 saturated carbocycles. The first-order valence-corrected chi connectivity index (χ1v) is 6.26. The van der Waals surface area contributed by atoms with Crippen molar-refractivity contribution >= 4 is 11.4 Å². The number of halogens is 1. The Morgan fingerprint density at radius 3 is 2.72 bits per heavy atom. The highest BCUT2D eigenvalue weighted by Gasteiger charge is 2.19. The van der Waals surface area contributed by atoms with E-state index in [2.05, 4.69) is 0 Å². The zero-order chi connectivity index (χ0) is 13.1. The molecule has 3 N–H and O–H groups in total. The molecule has 18 heavy (non-hydrogen) atoms. The van der Waals surface area contributed by atoms with E-state index in [0.29, 0.717) is 25.2 Å². The van der Waals surface area contributed by atoms with Gasteiger partial charge in [-0.15, -0.1) is 0 Å². The van der Waals surface area contributed by atoms with E-state index in [1.807, 2.05) is 11.8 Å². The monoisotopic (exact) mass is 254 g/mol. The lowest BCUT2D eigenvalue weighted by Crippen LogP contribution is -2.35. The van der Waals surface area contributed by atoms with E-state index in [1.165, 1.54) is 6.07 Å². The number of anilines is 2. The molecule has 0 aliphatic carbocycles. The second-order valence-electron chi connectivity index (χ2n) is 4.49. The Morgan fingerprint density at radius 1 is 1.44 bits per heavy atom. The van der Waals surface area contributed by atoms with Crippen LogP contribution in [0.1, 0.15) is 19.8 Å². The topological polar surface area (TPSA) is 58.7 Å². The number of aliphatic hydroxyl groups excluding tert-OH is 1. The molecule has 1 fully saturated rings. The maximum atomic E-state index is 13.7. The number of piperidine rings is 1. The quantitative estimate of drug-likeness (QED) is 0.807. The Morgan fingerprint density at radius 2 is 2.11 bits per heavy atom. The minimum atomic E-state index is -0.456. The van der Waals surface area contributed by atoms with Gasteiger partial charge in [0.2, 0.25) is 0 Å². The molecule has 0 aromatic heterocycles. The maximum Gasteiger partial charge on any atom is 0.151 e. The Balaban J connectivity index is 2.22. The van der Waals surface area contributed by atoms with Crippen LogP contribution in [0.5, 0.6) is 5.75 Å². The summed E-state index contributed by atoms with van der Waals surface area (Å²) >= 11 is 0. The van der Waals surface area contributed by atoms with Gasteiger partial charge in [-0.1, -0.05) is 0 Å². The lowest BCUT2D eigenvalue weighted by atomic mass is 10.1. The molecule has 2 rings (SSSR count). The smallest absolute Gasteiger partial charge is 0.151 e. The van der Waals surface area contributed by atoms with Gasteiger partial charge in [0.05, 0.1) is 12.7 Å². The zero-order valence-corrected chi connectivity index (χ0v) is 10.5. The van der Waals surface area contributed by atoms with Crippen molar-refractivity contribution in [3.63, 3.8) is 0 Å². The number of hydrogen-bond acceptors (Lipinski definition) is 4. The van der Waals surface area contributed by atoms with Gasteiger partial charge >= 0.3 is 0 Å². The number of benzene rings is 1. The predicted molar refractivity (Wildman–Crippen MR) is 69.4 cm³/mol. The normalized spacial score (nSPS) is 16.9. The molecule has 1 aromatic carbocycles. The minimum Gasteiger partial charge on any atom is -0.492 e. The van der Waals surface area contributed by atoms with Crippen LogP contribution in [0.15, 0.2) is 12.1 Å². The summed E-state index contributed by atoms with van der Waals surface area (Å²) in [6, 6.07) is 3.19. The molecule has 0 radical (unpaired) electrons. The van der Waals surface area contributed by atoms with Crippen molar-refractivity contribution in [3.05, 3.63) is 17.9 Å². The van der Waals surface area contributed by atoms with Crippen molar-refractivity contribution in [2.75, 3.05) is 30.3 Å². The van der Waals surface area contributed by atoms with Crippen molar-refractivity contribution in [3.8, 4) is 5.75 Å². The lowest BCUT2D eigenvalue weighted by molar-refractivity contribution is 0.145. The molecule has 1 saturated heterocycles. The van der Waals surface area contributed by atoms with Gasteiger partial charge < -0.3 is 20.5 Å². The van der Waals surface area contributed by atoms with Crippen LogP contribution in [-0.4, -0.2) is 30.9 Å². The van der Waals surface area contributed by atoms with Crippen LogP contribution in [0.4, 0.5) is 15.8 Å². The van der Waals surface area contributed by atoms with Crippen LogP contribution in [0.3, 0.4) is 0 Å². The third-order valence-corrected chi connectivity index (χ3v) is 3.21. The van der Waals surface area contributed by atoms with Gasteiger partial charge in [-0.2, -0.15) is 0 Å². The van der Waals surface area contributed by atoms with Crippen LogP contribution < -0.4 is 15.4 Å². The summed E-state index contributed by atoms with van der Waals surface area (Å²) in [6.45, 7) is 3.72. The van der Waals surface area contributed by atoms with Crippen LogP contribution in [0.25, 0.3) is 0 Å². The van der Waals surface area contributed by atoms with E-state index in [4.69, 9.17) is 10.5 Å². The van der Waals surface area contributed by atoms with Crippen molar-refractivity contribution in [2.45, 2.75) is 25.9 Å². The molecule has 1 aliphatic rings. The van der Waals surface area contributed by atoms with E-state index in [1.54, 1.807) is 6.07 Å². The fourth-order valence-electron chi connectivity index (χ4n) is 2.16. The summed E-state index contributed by atoms with van der Waals surface area (Å²) < 4.78 is 19.0. The maximum absolute atomic E-state index is 13.7. The molecule has 1 aliphatic heterocycles. The van der Waals surface area contributed by atoms with Crippen molar-refractivity contribution in [1.29, 1.82) is 0 Å². The summed E-state index contributed by atoms with van der Waals surface area (Å²) in [5, 5.41) is 9.47. The fraction of sp³-hybridized carbons (Fsp3) is 0.538. The fourth-order valence-corrected chi connectivity index (χ4v) is 2.16. The van der Waals surface area contributed by atoms with Gasteiger partial charge in [-0.3, -0.25) is 0 Å². The van der Waals surface area contributed by atoms with Crippen LogP contribution in [0.2, 0.25) is 0 Å². The third kappa shape index (κ3) is 2.67. The molecular weight excluding hydrogens is 235 g/mol. The molecule has 0 unspecified atom stereocenters. The van der Waals surface area contributed by atoms with Crippen LogP contribution in [0, 0.1) is 5.82 Å². The first kappa shape index (κ1) is 13.0. The van der Waals surface area contributed by atoms with E-state index in [-0.39, 0.29) is 11.8 Å². The van der Waals surface area contributed by atoms with Gasteiger partial charge in [-0.25, -0.2) is 4.39 Å². The third-order valence-electron chi connectivity index (χ3n) is 3.21. The van der Waals surface area contributed by atoms with Gasteiger partial charge in [0.15, 0.2) is 5.82 Å². The van der Waals surface area contributed by atoms with Gasteiger partial charge in [-0.05, 0) is 25.8 Å². The average Bonchev–Trinajstić information content (AvgIpc) is 2.36. The number of nitrogens with two attached hydrogens (primary N) is 1. The largest absolute Gasteiger partial charge is 0.492 e. The van der Waals surface area contributed by atoms with Crippen LogP contribution in [-0.2, 0) is 0 Å². The second-order valence-corrected chi connectivity index (χ2v) is 4.49. The highest BCUT2D eigenvalue weighted by atomic mass is 19.1. The molecule has 1 heterocycles. The van der Waals surface area contributed by atoms with Crippen molar-refractivity contribution in [1.82, 2.24) is 0 Å². The highest BCUT2D eigenvalue weighted by Crippen LogP contribution is 2.32. The Kier molecular flexibility index (Phi) is 3.91. The lowest BCUT2D eigenvalue weighted by Gasteiger charge is -2.31. The number of rotatable bonds is 3. The van der Waals surface area contributed by atoms with Crippen molar-refractivity contribution < 1.29 is 14.2 Å². The minimum absolute atomic E-state index is 0.0534. The molecule has 1 aromatic rings. The standard InChI is InChI=1S/C13H19FN2O2/c1-2-18-12-8-9(7-11(14)13(12)15)16-5-3-10(17)4-6-16/h7-8,10,17H,2-6,15H2,1H3. The SMILES string of the molecule is CCOc1cc(N2CCC(O)CC2)cc(F)c1N. The molecular formula is C13H19FN2O2. The van der Waals surface area contributed by atoms with E-state index in [0.717, 1.165) is 18.8 Å². The number of nitrogens with zero attached hydrogens (tertiary/aromatic N) is 1. The molecule has 100 valence electrons. The Hall–Kier alpha value is -1.49. The number of hydrogen-bond donors (Lipinski definition) is 2. The summed E-state index contributed by atoms with van der Waals surface area (Å²) in [6.07, 6.45) is 1.16. The molecule has 0 atom stereocenters. The van der Waals surface area contributed by atoms with Crippen LogP contribution >= 0.6 is 0 Å².